The molecule has 0 aliphatic carbocycles. The molecule has 0 bridgehead atoms. The van der Waals surface area contributed by atoms with Gasteiger partial charge in [-0.3, -0.25) is 0 Å². The largest absolute Gasteiger partial charge is 0.333 e. The minimum absolute atomic E-state index is 0.751. The Hall–Kier alpha value is -0.670. The van der Waals surface area contributed by atoms with Gasteiger partial charge in [0, 0.05) is 11.6 Å². The van der Waals surface area contributed by atoms with Gasteiger partial charge in [0.2, 0.25) is 0 Å². The SMILES string of the molecule is ClCCCCSc1nc2ccccc2[nH]1. The first-order valence-electron chi connectivity index (χ1n) is 5.03. The van der Waals surface area contributed by atoms with Crippen molar-refractivity contribution in [3.8, 4) is 0 Å². The summed E-state index contributed by atoms with van der Waals surface area (Å²) in [5, 5.41) is 1.01. The molecule has 15 heavy (non-hydrogen) atoms. The van der Waals surface area contributed by atoms with E-state index in [1.807, 2.05) is 24.3 Å². The van der Waals surface area contributed by atoms with Crippen LogP contribution < -0.4 is 0 Å². The highest BCUT2D eigenvalue weighted by Gasteiger charge is 2.01. The highest BCUT2D eigenvalue weighted by molar-refractivity contribution is 7.99. The van der Waals surface area contributed by atoms with Gasteiger partial charge in [-0.2, -0.15) is 0 Å². The Morgan fingerprint density at radius 1 is 1.27 bits per heavy atom. The number of nitrogens with zero attached hydrogens (tertiary/aromatic N) is 1. The van der Waals surface area contributed by atoms with Crippen LogP contribution in [0.4, 0.5) is 0 Å². The molecule has 0 saturated carbocycles. The number of hydrogen-bond donors (Lipinski definition) is 1. The Kier molecular flexibility index (Phi) is 3.92. The lowest BCUT2D eigenvalue weighted by atomic mass is 10.3. The summed E-state index contributed by atoms with van der Waals surface area (Å²) in [4.78, 5) is 7.78. The highest BCUT2D eigenvalue weighted by Crippen LogP contribution is 2.19. The molecule has 2 aromatic rings. The fraction of sp³-hybridized carbons (Fsp3) is 0.364. The van der Waals surface area contributed by atoms with E-state index in [0.717, 1.165) is 40.7 Å². The van der Waals surface area contributed by atoms with Gasteiger partial charge >= 0.3 is 0 Å². The van der Waals surface area contributed by atoms with Crippen LogP contribution in [0.2, 0.25) is 0 Å². The zero-order valence-electron chi connectivity index (χ0n) is 8.37. The van der Waals surface area contributed by atoms with E-state index >= 15 is 0 Å². The number of thioether (sulfide) groups is 1. The van der Waals surface area contributed by atoms with Gasteiger partial charge in [0.05, 0.1) is 11.0 Å². The number of aromatic nitrogens is 2. The number of hydrogen-bond acceptors (Lipinski definition) is 2. The van der Waals surface area contributed by atoms with Gasteiger partial charge in [-0.05, 0) is 25.0 Å². The average Bonchev–Trinajstić information content (AvgIpc) is 2.67. The molecule has 0 amide bonds. The van der Waals surface area contributed by atoms with Crippen LogP contribution in [0.25, 0.3) is 11.0 Å². The van der Waals surface area contributed by atoms with Crippen molar-refractivity contribution in [2.75, 3.05) is 11.6 Å². The van der Waals surface area contributed by atoms with Gasteiger partial charge in [0.25, 0.3) is 0 Å². The van der Waals surface area contributed by atoms with Gasteiger partial charge in [0.1, 0.15) is 0 Å². The molecular weight excluding hydrogens is 228 g/mol. The molecule has 80 valence electrons. The second-order valence-electron chi connectivity index (χ2n) is 3.30. The third-order valence-corrected chi connectivity index (χ3v) is 3.36. The Morgan fingerprint density at radius 3 is 2.93 bits per heavy atom. The number of H-pyrrole nitrogens is 1. The number of halogens is 1. The van der Waals surface area contributed by atoms with E-state index in [2.05, 4.69) is 9.97 Å². The molecular formula is C11H13ClN2S. The lowest BCUT2D eigenvalue weighted by Crippen LogP contribution is -1.82. The Morgan fingerprint density at radius 2 is 2.13 bits per heavy atom. The smallest absolute Gasteiger partial charge is 0.166 e. The molecule has 2 rings (SSSR count). The van der Waals surface area contributed by atoms with E-state index in [1.54, 1.807) is 11.8 Å². The van der Waals surface area contributed by atoms with Crippen LogP contribution in [0.15, 0.2) is 29.4 Å². The zero-order valence-corrected chi connectivity index (χ0v) is 9.94. The molecule has 0 atom stereocenters. The van der Waals surface area contributed by atoms with E-state index < -0.39 is 0 Å². The van der Waals surface area contributed by atoms with Gasteiger partial charge < -0.3 is 4.98 Å². The minimum atomic E-state index is 0.751. The Bertz CT molecular complexity index is 394. The molecule has 0 spiro atoms. The van der Waals surface area contributed by atoms with Gasteiger partial charge in [-0.1, -0.05) is 23.9 Å². The van der Waals surface area contributed by atoms with Gasteiger partial charge in [0.15, 0.2) is 5.16 Å². The number of nitrogens with one attached hydrogen (secondary N) is 1. The topological polar surface area (TPSA) is 28.7 Å². The number of unbranched alkanes of at least 4 members (excludes halogenated alkanes) is 1. The third kappa shape index (κ3) is 2.89. The quantitative estimate of drug-likeness (QED) is 0.491. The fourth-order valence-corrected chi connectivity index (χ4v) is 2.44. The van der Waals surface area contributed by atoms with Crippen LogP contribution in [0.5, 0.6) is 0 Å². The summed E-state index contributed by atoms with van der Waals surface area (Å²) < 4.78 is 0. The van der Waals surface area contributed by atoms with Crippen LogP contribution in [-0.4, -0.2) is 21.6 Å². The van der Waals surface area contributed by atoms with Crippen molar-refractivity contribution in [2.45, 2.75) is 18.0 Å². The summed E-state index contributed by atoms with van der Waals surface area (Å²) in [6, 6.07) is 8.09. The summed E-state index contributed by atoms with van der Waals surface area (Å²) in [7, 11) is 0. The lowest BCUT2D eigenvalue weighted by molar-refractivity contribution is 0.899. The molecule has 1 heterocycles. The normalized spacial score (nSPS) is 11.0. The Labute approximate surface area is 98.4 Å². The van der Waals surface area contributed by atoms with Crippen molar-refractivity contribution in [3.63, 3.8) is 0 Å². The molecule has 0 aliphatic rings. The molecule has 0 unspecified atom stereocenters. The third-order valence-electron chi connectivity index (χ3n) is 2.13. The van der Waals surface area contributed by atoms with Crippen molar-refractivity contribution < 1.29 is 0 Å². The first-order chi connectivity index (χ1) is 7.40. The van der Waals surface area contributed by atoms with E-state index in [1.165, 1.54) is 0 Å². The maximum absolute atomic E-state index is 5.61. The van der Waals surface area contributed by atoms with Gasteiger partial charge in [-0.15, -0.1) is 11.6 Å². The van der Waals surface area contributed by atoms with Gasteiger partial charge in [-0.25, -0.2) is 4.98 Å². The lowest BCUT2D eigenvalue weighted by Gasteiger charge is -1.94. The van der Waals surface area contributed by atoms with Crippen LogP contribution in [0.1, 0.15) is 12.8 Å². The molecule has 0 saturated heterocycles. The summed E-state index contributed by atoms with van der Waals surface area (Å²) >= 11 is 7.38. The van der Waals surface area contributed by atoms with Crippen molar-refractivity contribution in [2.24, 2.45) is 0 Å². The van der Waals surface area contributed by atoms with E-state index in [-0.39, 0.29) is 0 Å². The number of rotatable bonds is 5. The second-order valence-corrected chi connectivity index (χ2v) is 4.77. The highest BCUT2D eigenvalue weighted by atomic mass is 35.5. The molecule has 0 fully saturated rings. The maximum Gasteiger partial charge on any atom is 0.166 e. The summed E-state index contributed by atoms with van der Waals surface area (Å²) in [5.74, 6) is 1.83. The first-order valence-corrected chi connectivity index (χ1v) is 6.55. The molecule has 1 aromatic carbocycles. The van der Waals surface area contributed by atoms with E-state index in [0.29, 0.717) is 0 Å². The summed E-state index contributed by atoms with van der Waals surface area (Å²) in [6.07, 6.45) is 2.22. The predicted molar refractivity (Wildman–Crippen MR) is 66.8 cm³/mol. The number of aromatic amines is 1. The summed E-state index contributed by atoms with van der Waals surface area (Å²) in [6.45, 7) is 0. The van der Waals surface area contributed by atoms with Crippen LogP contribution >= 0.6 is 23.4 Å². The standard InChI is InChI=1S/C11H13ClN2S/c12-7-3-4-8-15-11-13-9-5-1-2-6-10(9)14-11/h1-2,5-6H,3-4,7-8H2,(H,13,14). The second kappa shape index (κ2) is 5.42. The minimum Gasteiger partial charge on any atom is -0.333 e. The van der Waals surface area contributed by atoms with Crippen molar-refractivity contribution in [1.82, 2.24) is 9.97 Å². The zero-order chi connectivity index (χ0) is 10.5. The first kappa shape index (κ1) is 10.8. The Balaban J connectivity index is 1.97. The number of benzene rings is 1. The van der Waals surface area contributed by atoms with Crippen LogP contribution in [-0.2, 0) is 0 Å². The predicted octanol–water partition coefficient (Wildman–Crippen LogP) is 3.67. The number of imidazole rings is 1. The average molecular weight is 241 g/mol. The molecule has 1 aromatic heterocycles. The number of alkyl halides is 1. The van der Waals surface area contributed by atoms with E-state index in [4.69, 9.17) is 11.6 Å². The summed E-state index contributed by atoms with van der Waals surface area (Å²) in [5.41, 5.74) is 2.15. The number of fused-ring (bicyclic) bond motifs is 1. The molecule has 2 nitrogen and oxygen atoms in total. The van der Waals surface area contributed by atoms with Crippen molar-refractivity contribution in [3.05, 3.63) is 24.3 Å². The van der Waals surface area contributed by atoms with Crippen LogP contribution in [0.3, 0.4) is 0 Å². The number of para-hydroxylation sites is 2. The monoisotopic (exact) mass is 240 g/mol. The molecule has 0 radical (unpaired) electrons. The van der Waals surface area contributed by atoms with Crippen LogP contribution in [0, 0.1) is 0 Å². The van der Waals surface area contributed by atoms with E-state index in [9.17, 15) is 0 Å². The molecule has 0 aliphatic heterocycles. The maximum atomic E-state index is 5.61. The fourth-order valence-electron chi connectivity index (χ4n) is 1.36. The molecule has 1 N–H and O–H groups in total. The molecule has 4 heteroatoms. The van der Waals surface area contributed by atoms with Crippen molar-refractivity contribution in [1.29, 1.82) is 0 Å². The van der Waals surface area contributed by atoms with Crippen molar-refractivity contribution >= 4 is 34.4 Å².